The zero-order valence-corrected chi connectivity index (χ0v) is 10.7. The lowest BCUT2D eigenvalue weighted by Gasteiger charge is -2.13. The smallest absolute Gasteiger partial charge is 0.307 e. The predicted octanol–water partition coefficient (Wildman–Crippen LogP) is 1.80. The maximum atomic E-state index is 12.1. The molecule has 0 bridgehead atoms. The van der Waals surface area contributed by atoms with Gasteiger partial charge in [-0.3, -0.25) is 9.59 Å². The first kappa shape index (κ1) is 12.8. The molecule has 2 N–H and O–H groups in total. The molecule has 0 spiro atoms. The number of fused-ring (bicyclic) bond motifs is 1. The molecule has 0 amide bonds. The van der Waals surface area contributed by atoms with Crippen molar-refractivity contribution in [1.29, 1.82) is 0 Å². The number of Topliss-reactive ketones (excluding diaryl/α,β-unsaturated/α-hetero) is 1. The Morgan fingerprint density at radius 3 is 2.56 bits per heavy atom. The van der Waals surface area contributed by atoms with Crippen LogP contribution in [0.5, 0.6) is 0 Å². The van der Waals surface area contributed by atoms with E-state index in [1.165, 1.54) is 0 Å². The van der Waals surface area contributed by atoms with Gasteiger partial charge in [-0.2, -0.15) is 0 Å². The highest BCUT2D eigenvalue weighted by Gasteiger charge is 2.37. The first-order chi connectivity index (χ1) is 8.34. The second kappa shape index (κ2) is 4.21. The van der Waals surface area contributed by atoms with Crippen LogP contribution in [-0.4, -0.2) is 22.0 Å². The summed E-state index contributed by atoms with van der Waals surface area (Å²) in [5.74, 6) is -1.46. The Morgan fingerprint density at radius 1 is 1.39 bits per heavy atom. The maximum absolute atomic E-state index is 12.1. The first-order valence-corrected chi connectivity index (χ1v) is 5.91. The second-order valence-electron chi connectivity index (χ2n) is 4.93. The third-order valence-corrected chi connectivity index (χ3v) is 3.74. The van der Waals surface area contributed by atoms with Gasteiger partial charge in [-0.1, -0.05) is 13.0 Å². The summed E-state index contributed by atoms with van der Waals surface area (Å²) in [6.07, 6.45) is -0.869. The largest absolute Gasteiger partial charge is 0.481 e. The van der Waals surface area contributed by atoms with E-state index >= 15 is 0 Å². The van der Waals surface area contributed by atoms with Crippen LogP contribution in [0.1, 0.15) is 45.6 Å². The van der Waals surface area contributed by atoms with Crippen molar-refractivity contribution >= 4 is 11.8 Å². The number of carboxylic acid groups (broad SMARTS) is 1. The zero-order chi connectivity index (χ0) is 13.6. The molecule has 4 nitrogen and oxygen atoms in total. The molecule has 0 radical (unpaired) electrons. The van der Waals surface area contributed by atoms with Gasteiger partial charge in [-0.15, -0.1) is 0 Å². The van der Waals surface area contributed by atoms with Gasteiger partial charge in [0.15, 0.2) is 5.78 Å². The van der Waals surface area contributed by atoms with E-state index < -0.39 is 18.0 Å². The van der Waals surface area contributed by atoms with Gasteiger partial charge in [-0.25, -0.2) is 0 Å². The van der Waals surface area contributed by atoms with Crippen LogP contribution in [0.2, 0.25) is 0 Å². The number of hydrogen-bond acceptors (Lipinski definition) is 3. The van der Waals surface area contributed by atoms with Crippen LogP contribution >= 0.6 is 0 Å². The molecule has 4 heteroatoms. The molecule has 0 saturated heterocycles. The van der Waals surface area contributed by atoms with Gasteiger partial charge in [0.2, 0.25) is 0 Å². The quantitative estimate of drug-likeness (QED) is 0.836. The Kier molecular flexibility index (Phi) is 2.99. The van der Waals surface area contributed by atoms with E-state index in [9.17, 15) is 14.7 Å². The molecular formula is C14H16O4. The highest BCUT2D eigenvalue weighted by Crippen LogP contribution is 2.39. The van der Waals surface area contributed by atoms with Crippen molar-refractivity contribution < 1.29 is 19.8 Å². The first-order valence-electron chi connectivity index (χ1n) is 5.91. The number of aliphatic hydroxyl groups is 1. The Bertz CT molecular complexity index is 545. The van der Waals surface area contributed by atoms with Crippen molar-refractivity contribution in [2.24, 2.45) is 5.92 Å². The van der Waals surface area contributed by atoms with Gasteiger partial charge in [0, 0.05) is 11.5 Å². The monoisotopic (exact) mass is 248 g/mol. The van der Waals surface area contributed by atoms with E-state index in [4.69, 9.17) is 5.11 Å². The number of benzene rings is 1. The summed E-state index contributed by atoms with van der Waals surface area (Å²) in [5, 5.41) is 18.9. The van der Waals surface area contributed by atoms with Crippen molar-refractivity contribution in [2.75, 3.05) is 0 Å². The van der Waals surface area contributed by atoms with Crippen LogP contribution in [0.3, 0.4) is 0 Å². The molecule has 1 aliphatic rings. The highest BCUT2D eigenvalue weighted by atomic mass is 16.4. The van der Waals surface area contributed by atoms with Crippen LogP contribution in [0.25, 0.3) is 0 Å². The number of aliphatic hydroxyl groups excluding tert-OH is 1. The Morgan fingerprint density at radius 2 is 2.00 bits per heavy atom. The fourth-order valence-corrected chi connectivity index (χ4v) is 2.68. The molecule has 96 valence electrons. The average molecular weight is 248 g/mol. The van der Waals surface area contributed by atoms with Gasteiger partial charge in [-0.05, 0) is 36.1 Å². The molecule has 1 aromatic rings. The second-order valence-corrected chi connectivity index (χ2v) is 4.93. The van der Waals surface area contributed by atoms with Gasteiger partial charge in [0.25, 0.3) is 0 Å². The van der Waals surface area contributed by atoms with E-state index in [0.29, 0.717) is 22.3 Å². The van der Waals surface area contributed by atoms with E-state index in [1.54, 1.807) is 19.9 Å². The van der Waals surface area contributed by atoms with Crippen molar-refractivity contribution in [3.8, 4) is 0 Å². The van der Waals surface area contributed by atoms with Gasteiger partial charge < -0.3 is 10.2 Å². The van der Waals surface area contributed by atoms with Crippen LogP contribution in [0.15, 0.2) is 6.07 Å². The summed E-state index contributed by atoms with van der Waals surface area (Å²) in [6, 6.07) is 1.74. The van der Waals surface area contributed by atoms with Crippen molar-refractivity contribution in [1.82, 2.24) is 0 Å². The van der Waals surface area contributed by atoms with Crippen LogP contribution in [0.4, 0.5) is 0 Å². The van der Waals surface area contributed by atoms with E-state index in [1.807, 2.05) is 6.92 Å². The Labute approximate surface area is 105 Å². The molecule has 2 rings (SSSR count). The molecule has 0 aliphatic heterocycles. The maximum Gasteiger partial charge on any atom is 0.307 e. The molecule has 1 aromatic carbocycles. The molecule has 2 atom stereocenters. The molecule has 0 saturated carbocycles. The van der Waals surface area contributed by atoms with Crippen LogP contribution < -0.4 is 0 Å². The minimum Gasteiger partial charge on any atom is -0.481 e. The van der Waals surface area contributed by atoms with Gasteiger partial charge >= 0.3 is 5.97 Å². The Balaban J connectivity index is 2.64. The minimum atomic E-state index is -0.916. The number of aliphatic carboxylic acids is 1. The van der Waals surface area contributed by atoms with Gasteiger partial charge in [0.05, 0.1) is 12.5 Å². The van der Waals surface area contributed by atoms with Gasteiger partial charge in [0.1, 0.15) is 0 Å². The van der Waals surface area contributed by atoms with Crippen molar-refractivity contribution in [3.63, 3.8) is 0 Å². The number of carbonyl (C=O) groups is 2. The Hall–Kier alpha value is -1.68. The molecule has 0 aromatic heterocycles. The molecule has 2 unspecified atom stereocenters. The summed E-state index contributed by atoms with van der Waals surface area (Å²) in [5.41, 5.74) is 3.33. The average Bonchev–Trinajstić information content (AvgIpc) is 2.49. The zero-order valence-electron chi connectivity index (χ0n) is 10.7. The van der Waals surface area contributed by atoms with E-state index in [2.05, 4.69) is 0 Å². The highest BCUT2D eigenvalue weighted by molar-refractivity contribution is 6.04. The molecule has 1 aliphatic carbocycles. The van der Waals surface area contributed by atoms with Crippen molar-refractivity contribution in [2.45, 2.75) is 33.3 Å². The summed E-state index contributed by atoms with van der Waals surface area (Å²) in [4.78, 5) is 22.9. The third-order valence-electron chi connectivity index (χ3n) is 3.74. The number of carbonyl (C=O) groups excluding carboxylic acids is 1. The van der Waals surface area contributed by atoms with Crippen molar-refractivity contribution in [3.05, 3.63) is 33.9 Å². The van der Waals surface area contributed by atoms with Crippen LogP contribution in [0, 0.1) is 19.8 Å². The summed E-state index contributed by atoms with van der Waals surface area (Å²) in [6.45, 7) is 5.26. The number of aryl methyl sites for hydroxylation is 1. The lowest BCUT2D eigenvalue weighted by molar-refractivity contribution is -0.136. The lowest BCUT2D eigenvalue weighted by Crippen LogP contribution is -2.10. The summed E-state index contributed by atoms with van der Waals surface area (Å²) in [7, 11) is 0. The number of hydrogen-bond donors (Lipinski definition) is 2. The number of ketones is 1. The summed E-state index contributed by atoms with van der Waals surface area (Å²) < 4.78 is 0. The SMILES string of the molecule is Cc1cc2c(c(C)c1CC(=O)O)C(=O)C(C)C2O. The standard InChI is InChI=1S/C14H16O4/c1-6-4-10-12(14(18)8(3)13(10)17)7(2)9(6)5-11(15)16/h4,8,13,17H,5H2,1-3H3,(H,15,16). The topological polar surface area (TPSA) is 74.6 Å². The van der Waals surface area contributed by atoms with Crippen LogP contribution in [-0.2, 0) is 11.2 Å². The third kappa shape index (κ3) is 1.73. The molecule has 0 heterocycles. The minimum absolute atomic E-state index is 0.0945. The normalized spacial score (nSPS) is 22.1. The van der Waals surface area contributed by atoms with E-state index in [-0.39, 0.29) is 12.2 Å². The fourth-order valence-electron chi connectivity index (χ4n) is 2.68. The predicted molar refractivity (Wildman–Crippen MR) is 65.7 cm³/mol. The number of carboxylic acids is 1. The fraction of sp³-hybridized carbons (Fsp3) is 0.429. The summed E-state index contributed by atoms with van der Waals surface area (Å²) >= 11 is 0. The molecule has 18 heavy (non-hydrogen) atoms. The van der Waals surface area contributed by atoms with E-state index in [0.717, 1.165) is 5.56 Å². The molecular weight excluding hydrogens is 232 g/mol. The lowest BCUT2D eigenvalue weighted by atomic mass is 9.92. The molecule has 0 fully saturated rings. The number of rotatable bonds is 2.